The zero-order valence-corrected chi connectivity index (χ0v) is 5.81. The Morgan fingerprint density at radius 3 is 2.18 bits per heavy atom. The number of fused-ring (bicyclic) bond motifs is 1. The smallest absolute Gasteiger partial charge is 0.155 e. The minimum Gasteiger partial charge on any atom is -0.373 e. The van der Waals surface area contributed by atoms with Crippen molar-refractivity contribution in [2.45, 2.75) is 6.73 Å². The second-order valence-electron chi connectivity index (χ2n) is 2.20. The Bertz CT molecular complexity index is 335. The van der Waals surface area contributed by atoms with E-state index in [0.29, 0.717) is 0 Å². The summed E-state index contributed by atoms with van der Waals surface area (Å²) in [7, 11) is 0. The van der Waals surface area contributed by atoms with Crippen LogP contribution in [0.4, 0.5) is 0 Å². The van der Waals surface area contributed by atoms with Crippen LogP contribution in [-0.4, -0.2) is 20.1 Å². The van der Waals surface area contributed by atoms with Gasteiger partial charge in [-0.3, -0.25) is 0 Å². The van der Waals surface area contributed by atoms with E-state index in [4.69, 9.17) is 5.11 Å². The molecule has 0 radical (unpaired) electrons. The van der Waals surface area contributed by atoms with Gasteiger partial charge in [0, 0.05) is 0 Å². The van der Waals surface area contributed by atoms with Crippen LogP contribution in [0.2, 0.25) is 0 Å². The second kappa shape index (κ2) is 2.32. The van der Waals surface area contributed by atoms with Gasteiger partial charge in [0.1, 0.15) is 11.0 Å². The Balaban J connectivity index is 2.69. The number of hydrogen-bond acceptors (Lipinski definition) is 3. The molecule has 11 heavy (non-hydrogen) atoms. The van der Waals surface area contributed by atoms with E-state index in [1.54, 1.807) is 0 Å². The summed E-state index contributed by atoms with van der Waals surface area (Å²) >= 11 is 0. The predicted octanol–water partition coefficient (Wildman–Crippen LogP) is 0.381. The molecule has 1 heterocycles. The van der Waals surface area contributed by atoms with Crippen LogP contribution in [0.3, 0.4) is 0 Å². The van der Waals surface area contributed by atoms with Crippen molar-refractivity contribution in [3.63, 3.8) is 0 Å². The topological polar surface area (TPSA) is 50.9 Å². The molecule has 4 nitrogen and oxygen atoms in total. The first-order valence-corrected chi connectivity index (χ1v) is 3.31. The van der Waals surface area contributed by atoms with Gasteiger partial charge >= 0.3 is 0 Å². The van der Waals surface area contributed by atoms with Gasteiger partial charge in [0.05, 0.1) is 0 Å². The fourth-order valence-electron chi connectivity index (χ4n) is 0.968. The van der Waals surface area contributed by atoms with Gasteiger partial charge in [0.25, 0.3) is 0 Å². The van der Waals surface area contributed by atoms with Gasteiger partial charge in [-0.15, -0.1) is 0 Å². The highest BCUT2D eigenvalue weighted by Crippen LogP contribution is 2.05. The van der Waals surface area contributed by atoms with Crippen molar-refractivity contribution in [3.05, 3.63) is 24.3 Å². The van der Waals surface area contributed by atoms with Crippen molar-refractivity contribution in [1.29, 1.82) is 0 Å². The first-order valence-electron chi connectivity index (χ1n) is 3.31. The van der Waals surface area contributed by atoms with E-state index in [1.807, 2.05) is 24.3 Å². The molecule has 56 valence electrons. The maximum atomic E-state index is 8.68. The minimum absolute atomic E-state index is 0.172. The fourth-order valence-corrected chi connectivity index (χ4v) is 0.968. The lowest BCUT2D eigenvalue weighted by atomic mass is 10.3. The summed E-state index contributed by atoms with van der Waals surface area (Å²) in [4.78, 5) is 1.25. The SMILES string of the molecule is OCn1nc2ccccc2n1. The Hall–Kier alpha value is -1.42. The van der Waals surface area contributed by atoms with Crippen LogP contribution in [0.5, 0.6) is 0 Å². The second-order valence-corrected chi connectivity index (χ2v) is 2.20. The highest BCUT2D eigenvalue weighted by Gasteiger charge is 1.97. The van der Waals surface area contributed by atoms with E-state index in [2.05, 4.69) is 10.2 Å². The molecule has 2 rings (SSSR count). The summed E-state index contributed by atoms with van der Waals surface area (Å²) in [6.07, 6.45) is 0. The van der Waals surface area contributed by atoms with Crippen molar-refractivity contribution in [2.24, 2.45) is 0 Å². The number of benzene rings is 1. The molecule has 0 unspecified atom stereocenters. The lowest BCUT2D eigenvalue weighted by Crippen LogP contribution is -1.99. The number of hydrogen-bond donors (Lipinski definition) is 1. The van der Waals surface area contributed by atoms with E-state index in [9.17, 15) is 0 Å². The van der Waals surface area contributed by atoms with E-state index in [1.165, 1.54) is 4.80 Å². The third-order valence-corrected chi connectivity index (χ3v) is 1.45. The van der Waals surface area contributed by atoms with Crippen molar-refractivity contribution < 1.29 is 5.11 Å². The molecular weight excluding hydrogens is 142 g/mol. The largest absolute Gasteiger partial charge is 0.373 e. The van der Waals surface area contributed by atoms with E-state index < -0.39 is 0 Å². The highest BCUT2D eigenvalue weighted by molar-refractivity contribution is 5.72. The van der Waals surface area contributed by atoms with Gasteiger partial charge in [0.15, 0.2) is 6.73 Å². The van der Waals surface area contributed by atoms with Crippen LogP contribution in [0, 0.1) is 0 Å². The zero-order chi connectivity index (χ0) is 7.68. The monoisotopic (exact) mass is 149 g/mol. The molecule has 0 spiro atoms. The van der Waals surface area contributed by atoms with Crippen molar-refractivity contribution in [2.75, 3.05) is 0 Å². The number of rotatable bonds is 1. The lowest BCUT2D eigenvalue weighted by molar-refractivity contribution is 0.179. The number of aliphatic hydroxyl groups excluding tert-OH is 1. The van der Waals surface area contributed by atoms with Crippen molar-refractivity contribution in [3.8, 4) is 0 Å². The average Bonchev–Trinajstić information content (AvgIpc) is 2.46. The van der Waals surface area contributed by atoms with Gasteiger partial charge in [-0.2, -0.15) is 15.0 Å². The summed E-state index contributed by atoms with van der Waals surface area (Å²) in [5.74, 6) is 0. The quantitative estimate of drug-likeness (QED) is 0.637. The summed E-state index contributed by atoms with van der Waals surface area (Å²) in [5, 5.41) is 16.7. The molecule has 0 aliphatic heterocycles. The Morgan fingerprint density at radius 2 is 1.73 bits per heavy atom. The summed E-state index contributed by atoms with van der Waals surface area (Å²) < 4.78 is 0. The van der Waals surface area contributed by atoms with Crippen LogP contribution in [-0.2, 0) is 6.73 Å². The fraction of sp³-hybridized carbons (Fsp3) is 0.143. The number of nitrogens with zero attached hydrogens (tertiary/aromatic N) is 3. The predicted molar refractivity (Wildman–Crippen MR) is 39.7 cm³/mol. The Morgan fingerprint density at radius 1 is 1.18 bits per heavy atom. The first kappa shape index (κ1) is 6.30. The molecular formula is C7H7N3O. The van der Waals surface area contributed by atoms with Gasteiger partial charge in [0.2, 0.25) is 0 Å². The molecule has 4 heteroatoms. The van der Waals surface area contributed by atoms with Crippen LogP contribution in [0.25, 0.3) is 11.0 Å². The van der Waals surface area contributed by atoms with Crippen molar-refractivity contribution in [1.82, 2.24) is 15.0 Å². The molecule has 1 aromatic carbocycles. The molecule has 0 aliphatic rings. The Kier molecular flexibility index (Phi) is 1.33. The first-order chi connectivity index (χ1) is 5.40. The van der Waals surface area contributed by atoms with Crippen molar-refractivity contribution >= 4 is 11.0 Å². The lowest BCUT2D eigenvalue weighted by Gasteiger charge is -1.85. The average molecular weight is 149 g/mol. The molecule has 1 N–H and O–H groups in total. The summed E-state index contributed by atoms with van der Waals surface area (Å²) in [6, 6.07) is 7.49. The van der Waals surface area contributed by atoms with Crippen LogP contribution >= 0.6 is 0 Å². The van der Waals surface area contributed by atoms with Gasteiger partial charge < -0.3 is 5.11 Å². The molecule has 0 aliphatic carbocycles. The maximum Gasteiger partial charge on any atom is 0.155 e. The third kappa shape index (κ3) is 0.969. The van der Waals surface area contributed by atoms with Crippen LogP contribution < -0.4 is 0 Å². The zero-order valence-electron chi connectivity index (χ0n) is 5.81. The molecule has 0 atom stereocenters. The van der Waals surface area contributed by atoms with Crippen LogP contribution in [0.15, 0.2) is 24.3 Å². The summed E-state index contributed by atoms with van der Waals surface area (Å²) in [6.45, 7) is -0.172. The number of aliphatic hydroxyl groups is 1. The van der Waals surface area contributed by atoms with E-state index >= 15 is 0 Å². The highest BCUT2D eigenvalue weighted by atomic mass is 16.3. The summed E-state index contributed by atoms with van der Waals surface area (Å²) in [5.41, 5.74) is 1.61. The standard InChI is InChI=1S/C7H7N3O/c11-5-10-8-6-3-1-2-4-7(6)9-10/h1-4,11H,5H2. The maximum absolute atomic E-state index is 8.68. The normalized spacial score (nSPS) is 10.6. The minimum atomic E-state index is -0.172. The molecule has 0 saturated carbocycles. The molecule has 0 bridgehead atoms. The van der Waals surface area contributed by atoms with Crippen LogP contribution in [0.1, 0.15) is 0 Å². The number of aromatic nitrogens is 3. The Labute approximate surface area is 63.1 Å². The third-order valence-electron chi connectivity index (χ3n) is 1.45. The molecule has 0 fully saturated rings. The van der Waals surface area contributed by atoms with E-state index in [-0.39, 0.29) is 6.73 Å². The molecule has 0 amide bonds. The van der Waals surface area contributed by atoms with Gasteiger partial charge in [-0.25, -0.2) is 0 Å². The van der Waals surface area contributed by atoms with Gasteiger partial charge in [-0.1, -0.05) is 12.1 Å². The van der Waals surface area contributed by atoms with E-state index in [0.717, 1.165) is 11.0 Å². The van der Waals surface area contributed by atoms with Gasteiger partial charge in [-0.05, 0) is 12.1 Å². The molecule has 0 saturated heterocycles. The molecule has 1 aromatic heterocycles. The molecule has 2 aromatic rings.